The van der Waals surface area contributed by atoms with Gasteiger partial charge < -0.3 is 10.6 Å². The second-order valence-electron chi connectivity index (χ2n) is 7.31. The number of hydrogen-bond donors (Lipinski definition) is 2. The molecule has 0 saturated heterocycles. The predicted molar refractivity (Wildman–Crippen MR) is 123 cm³/mol. The Balaban J connectivity index is 1.61. The monoisotopic (exact) mass is 486 g/mol. The summed E-state index contributed by atoms with van der Waals surface area (Å²) in [6, 6.07) is 12.6. The van der Waals surface area contributed by atoms with Gasteiger partial charge in [-0.15, -0.1) is 11.3 Å². The number of fused-ring (bicyclic) bond motifs is 1. The maximum atomic E-state index is 13.2. The van der Waals surface area contributed by atoms with Crippen LogP contribution in [0, 0.1) is 6.92 Å². The lowest BCUT2D eigenvalue weighted by Gasteiger charge is -2.15. The van der Waals surface area contributed by atoms with Gasteiger partial charge in [0.25, 0.3) is 11.5 Å². The van der Waals surface area contributed by atoms with E-state index < -0.39 is 35.4 Å². The van der Waals surface area contributed by atoms with E-state index in [1.54, 1.807) is 29.6 Å². The minimum Gasteiger partial charge on any atom is -0.324 e. The van der Waals surface area contributed by atoms with Gasteiger partial charge in [0.05, 0.1) is 27.0 Å². The second-order valence-corrected chi connectivity index (χ2v) is 8.25. The molecule has 4 aromatic rings. The van der Waals surface area contributed by atoms with Gasteiger partial charge in [-0.25, -0.2) is 4.98 Å². The maximum Gasteiger partial charge on any atom is 0.418 e. The number of amides is 2. The van der Waals surface area contributed by atoms with Crippen molar-refractivity contribution >= 4 is 45.4 Å². The molecule has 0 spiro atoms. The Bertz CT molecular complexity index is 1450. The van der Waals surface area contributed by atoms with Crippen molar-refractivity contribution in [2.75, 3.05) is 10.6 Å². The summed E-state index contributed by atoms with van der Waals surface area (Å²) in [6.45, 7) is 0.982. The molecule has 4 rings (SSSR count). The van der Waals surface area contributed by atoms with Crippen LogP contribution in [0.3, 0.4) is 0 Å². The van der Waals surface area contributed by atoms with Crippen LogP contribution in [-0.2, 0) is 17.5 Å². The SMILES string of the molecule is Cc1nc2ccc(NC(=O)c3cccs3)cc2c(=O)n1CC(=O)Nc1ccccc1C(F)(F)F. The first-order valence-corrected chi connectivity index (χ1v) is 10.8. The summed E-state index contributed by atoms with van der Waals surface area (Å²) in [7, 11) is 0. The van der Waals surface area contributed by atoms with E-state index in [0.717, 1.165) is 16.7 Å². The first-order chi connectivity index (χ1) is 16.1. The number of benzene rings is 2. The Morgan fingerprint density at radius 2 is 1.82 bits per heavy atom. The number of alkyl halides is 3. The van der Waals surface area contributed by atoms with Crippen molar-refractivity contribution in [3.63, 3.8) is 0 Å². The molecule has 7 nitrogen and oxygen atoms in total. The molecule has 11 heteroatoms. The molecule has 174 valence electrons. The van der Waals surface area contributed by atoms with Gasteiger partial charge in [-0.1, -0.05) is 18.2 Å². The summed E-state index contributed by atoms with van der Waals surface area (Å²) < 4.78 is 40.7. The molecular formula is C23H17F3N4O3S. The molecule has 0 saturated carbocycles. The highest BCUT2D eigenvalue weighted by atomic mass is 32.1. The summed E-state index contributed by atoms with van der Waals surface area (Å²) in [5.41, 5.74) is -1.23. The molecule has 0 bridgehead atoms. The molecule has 2 aromatic carbocycles. The van der Waals surface area contributed by atoms with Crippen LogP contribution in [0.5, 0.6) is 0 Å². The average Bonchev–Trinajstić information content (AvgIpc) is 3.32. The number of halogens is 3. The number of nitrogens with one attached hydrogen (secondary N) is 2. The zero-order valence-corrected chi connectivity index (χ0v) is 18.5. The number of hydrogen-bond acceptors (Lipinski definition) is 5. The number of para-hydroxylation sites is 1. The van der Waals surface area contributed by atoms with Gasteiger partial charge in [-0.2, -0.15) is 13.2 Å². The van der Waals surface area contributed by atoms with Crippen LogP contribution in [0.4, 0.5) is 24.5 Å². The Morgan fingerprint density at radius 1 is 1.06 bits per heavy atom. The minimum absolute atomic E-state index is 0.151. The number of thiophene rings is 1. The van der Waals surface area contributed by atoms with Gasteiger partial charge in [0.2, 0.25) is 5.91 Å². The zero-order valence-electron chi connectivity index (χ0n) is 17.6. The van der Waals surface area contributed by atoms with E-state index in [4.69, 9.17) is 0 Å². The fourth-order valence-electron chi connectivity index (χ4n) is 3.37. The Hall–Kier alpha value is -3.99. The summed E-state index contributed by atoms with van der Waals surface area (Å²) >= 11 is 1.27. The van der Waals surface area contributed by atoms with E-state index in [-0.39, 0.29) is 17.1 Å². The number of aryl methyl sites for hydroxylation is 1. The van der Waals surface area contributed by atoms with Crippen molar-refractivity contribution in [3.8, 4) is 0 Å². The molecule has 2 amide bonds. The molecular weight excluding hydrogens is 469 g/mol. The van der Waals surface area contributed by atoms with Crippen LogP contribution in [-0.4, -0.2) is 21.4 Å². The normalized spacial score (nSPS) is 11.4. The van der Waals surface area contributed by atoms with Crippen LogP contribution in [0.15, 0.2) is 64.8 Å². The molecule has 0 fully saturated rings. The summed E-state index contributed by atoms with van der Waals surface area (Å²) in [5, 5.41) is 6.83. The van der Waals surface area contributed by atoms with Gasteiger partial charge in [-0.3, -0.25) is 19.0 Å². The van der Waals surface area contributed by atoms with Gasteiger partial charge in [0, 0.05) is 5.69 Å². The molecule has 0 unspecified atom stereocenters. The minimum atomic E-state index is -4.65. The summed E-state index contributed by atoms with van der Waals surface area (Å²) in [6.07, 6.45) is -4.65. The Morgan fingerprint density at radius 3 is 2.53 bits per heavy atom. The molecule has 0 atom stereocenters. The van der Waals surface area contributed by atoms with E-state index in [0.29, 0.717) is 16.1 Å². The predicted octanol–water partition coefficient (Wildman–Crippen LogP) is 4.68. The summed E-state index contributed by atoms with van der Waals surface area (Å²) in [5.74, 6) is -0.935. The lowest BCUT2D eigenvalue weighted by Crippen LogP contribution is -2.30. The highest BCUT2D eigenvalue weighted by molar-refractivity contribution is 7.12. The fraction of sp³-hybridized carbons (Fsp3) is 0.130. The van der Waals surface area contributed by atoms with Crippen molar-refractivity contribution in [3.05, 3.63) is 86.6 Å². The summed E-state index contributed by atoms with van der Waals surface area (Å²) in [4.78, 5) is 42.7. The third-order valence-electron chi connectivity index (χ3n) is 4.96. The molecule has 2 aromatic heterocycles. The van der Waals surface area contributed by atoms with Gasteiger partial charge in [0.15, 0.2) is 0 Å². The first kappa shape index (κ1) is 23.2. The number of nitrogens with zero attached hydrogens (tertiary/aromatic N) is 2. The lowest BCUT2D eigenvalue weighted by molar-refractivity contribution is -0.137. The zero-order chi connectivity index (χ0) is 24.5. The quantitative estimate of drug-likeness (QED) is 0.429. The van der Waals surface area contributed by atoms with Crippen molar-refractivity contribution in [2.24, 2.45) is 0 Å². The van der Waals surface area contributed by atoms with E-state index in [1.807, 2.05) is 0 Å². The fourth-order valence-corrected chi connectivity index (χ4v) is 3.99. The van der Waals surface area contributed by atoms with Gasteiger partial charge in [-0.05, 0) is 48.7 Å². The van der Waals surface area contributed by atoms with Gasteiger partial charge >= 0.3 is 6.18 Å². The maximum absolute atomic E-state index is 13.2. The number of carbonyl (C=O) groups excluding carboxylic acids is 2. The topological polar surface area (TPSA) is 93.1 Å². The second kappa shape index (κ2) is 9.10. The van der Waals surface area contributed by atoms with Crippen LogP contribution < -0.4 is 16.2 Å². The molecule has 2 N–H and O–H groups in total. The van der Waals surface area contributed by atoms with E-state index in [9.17, 15) is 27.6 Å². The third kappa shape index (κ3) is 4.84. The molecule has 0 radical (unpaired) electrons. The molecule has 0 aliphatic heterocycles. The first-order valence-electron chi connectivity index (χ1n) is 9.95. The highest BCUT2D eigenvalue weighted by Crippen LogP contribution is 2.34. The molecule has 2 heterocycles. The standard InChI is InChI=1S/C23H17F3N4O3S/c1-13-27-17-9-8-14(28-21(32)19-7-4-10-34-19)11-15(17)22(33)30(13)12-20(31)29-18-6-3-2-5-16(18)23(24,25)26/h2-11H,12H2,1H3,(H,28,32)(H,29,31). The van der Waals surface area contributed by atoms with Crippen LogP contribution in [0.2, 0.25) is 0 Å². The lowest BCUT2D eigenvalue weighted by atomic mass is 10.1. The molecule has 0 aliphatic carbocycles. The average molecular weight is 486 g/mol. The number of aromatic nitrogens is 2. The smallest absolute Gasteiger partial charge is 0.324 e. The van der Waals surface area contributed by atoms with Crippen molar-refractivity contribution in [1.82, 2.24) is 9.55 Å². The van der Waals surface area contributed by atoms with Crippen LogP contribution in [0.1, 0.15) is 21.1 Å². The third-order valence-corrected chi connectivity index (χ3v) is 5.82. The highest BCUT2D eigenvalue weighted by Gasteiger charge is 2.33. The number of rotatable bonds is 5. The van der Waals surface area contributed by atoms with Crippen LogP contribution in [0.25, 0.3) is 10.9 Å². The van der Waals surface area contributed by atoms with Crippen molar-refractivity contribution < 1.29 is 22.8 Å². The van der Waals surface area contributed by atoms with E-state index in [2.05, 4.69) is 15.6 Å². The van der Waals surface area contributed by atoms with Gasteiger partial charge in [0.1, 0.15) is 12.4 Å². The molecule has 34 heavy (non-hydrogen) atoms. The number of carbonyl (C=O) groups is 2. The Labute approximate surface area is 194 Å². The van der Waals surface area contributed by atoms with Crippen molar-refractivity contribution in [1.29, 1.82) is 0 Å². The number of anilines is 2. The van der Waals surface area contributed by atoms with Crippen LogP contribution >= 0.6 is 11.3 Å². The largest absolute Gasteiger partial charge is 0.418 e. The van der Waals surface area contributed by atoms with E-state index >= 15 is 0 Å². The Kier molecular flexibility index (Phi) is 6.20. The van der Waals surface area contributed by atoms with E-state index in [1.165, 1.54) is 36.5 Å². The van der Waals surface area contributed by atoms with Crippen molar-refractivity contribution in [2.45, 2.75) is 19.6 Å². The molecule has 0 aliphatic rings.